The Labute approximate surface area is 96.8 Å². The Balaban J connectivity index is 3.61. The van der Waals surface area contributed by atoms with Gasteiger partial charge in [-0.25, -0.2) is 4.79 Å². The van der Waals surface area contributed by atoms with Crippen molar-refractivity contribution in [1.29, 1.82) is 0 Å². The summed E-state index contributed by atoms with van der Waals surface area (Å²) in [6.45, 7) is 1.04. The number of hydrogen-bond donors (Lipinski definition) is 2. The van der Waals surface area contributed by atoms with Crippen molar-refractivity contribution in [2.75, 3.05) is 25.2 Å². The Kier molecular flexibility index (Phi) is 7.74. The highest BCUT2D eigenvalue weighted by atomic mass is 32.2. The smallest absolute Gasteiger partial charge is 0.329 e. The molecule has 0 saturated heterocycles. The topological polar surface area (TPSA) is 92.7 Å². The zero-order chi connectivity index (χ0) is 12.6. The number of rotatable bonds is 8. The van der Waals surface area contributed by atoms with Crippen molar-refractivity contribution in [1.82, 2.24) is 5.32 Å². The van der Waals surface area contributed by atoms with E-state index in [0.29, 0.717) is 12.2 Å². The first kappa shape index (κ1) is 15.0. The SMILES string of the molecule is CC(CCS(C)=O)NC(=O)COCC(=O)O. The molecule has 0 saturated carbocycles. The number of ether oxygens (including phenoxy) is 1. The Bertz CT molecular complexity index is 269. The summed E-state index contributed by atoms with van der Waals surface area (Å²) in [6.07, 6.45) is 2.22. The number of carbonyl (C=O) groups excluding carboxylic acids is 1. The van der Waals surface area contributed by atoms with E-state index in [-0.39, 0.29) is 18.6 Å². The Morgan fingerprint density at radius 1 is 1.44 bits per heavy atom. The van der Waals surface area contributed by atoms with Crippen molar-refractivity contribution in [2.24, 2.45) is 0 Å². The second-order valence-corrected chi connectivity index (χ2v) is 4.98. The van der Waals surface area contributed by atoms with E-state index in [1.165, 1.54) is 0 Å². The van der Waals surface area contributed by atoms with Crippen LogP contribution in [0.1, 0.15) is 13.3 Å². The Morgan fingerprint density at radius 3 is 2.56 bits per heavy atom. The van der Waals surface area contributed by atoms with Crippen molar-refractivity contribution in [3.8, 4) is 0 Å². The monoisotopic (exact) mass is 251 g/mol. The van der Waals surface area contributed by atoms with Crippen LogP contribution in [0.4, 0.5) is 0 Å². The van der Waals surface area contributed by atoms with Gasteiger partial charge in [0.2, 0.25) is 5.91 Å². The third kappa shape index (κ3) is 9.60. The van der Waals surface area contributed by atoms with Gasteiger partial charge in [0.05, 0.1) is 0 Å². The van der Waals surface area contributed by atoms with Crippen LogP contribution in [0.25, 0.3) is 0 Å². The van der Waals surface area contributed by atoms with Crippen LogP contribution in [-0.4, -0.2) is 52.5 Å². The number of carboxylic acids is 1. The summed E-state index contributed by atoms with van der Waals surface area (Å²) in [5, 5.41) is 10.9. The zero-order valence-corrected chi connectivity index (χ0v) is 10.2. The third-order valence-corrected chi connectivity index (χ3v) is 2.52. The molecule has 2 N–H and O–H groups in total. The van der Waals surface area contributed by atoms with Crippen molar-refractivity contribution in [3.05, 3.63) is 0 Å². The lowest BCUT2D eigenvalue weighted by atomic mass is 10.2. The fourth-order valence-corrected chi connectivity index (χ4v) is 1.65. The minimum absolute atomic E-state index is 0.0928. The molecule has 16 heavy (non-hydrogen) atoms. The summed E-state index contributed by atoms with van der Waals surface area (Å²) in [5.74, 6) is -0.949. The molecule has 1 amide bonds. The van der Waals surface area contributed by atoms with Gasteiger partial charge in [0.1, 0.15) is 13.2 Å². The molecule has 0 bridgehead atoms. The first-order valence-corrected chi connectivity index (χ1v) is 6.53. The average Bonchev–Trinajstić information content (AvgIpc) is 2.14. The van der Waals surface area contributed by atoms with Crippen LogP contribution in [-0.2, 0) is 25.1 Å². The standard InChI is InChI=1S/C9H17NO5S/c1-7(3-4-16(2)14)10-8(11)5-15-6-9(12)13/h7H,3-6H2,1-2H3,(H,10,11)(H,12,13). The molecule has 2 unspecified atom stereocenters. The van der Waals surface area contributed by atoms with Crippen LogP contribution < -0.4 is 5.32 Å². The van der Waals surface area contributed by atoms with Gasteiger partial charge in [-0.2, -0.15) is 0 Å². The van der Waals surface area contributed by atoms with Gasteiger partial charge in [0.25, 0.3) is 0 Å². The van der Waals surface area contributed by atoms with E-state index in [4.69, 9.17) is 5.11 Å². The molecule has 0 aliphatic rings. The van der Waals surface area contributed by atoms with Crippen LogP contribution in [0.15, 0.2) is 0 Å². The predicted molar refractivity (Wildman–Crippen MR) is 59.6 cm³/mol. The second kappa shape index (κ2) is 8.23. The number of amides is 1. The minimum atomic E-state index is -1.11. The summed E-state index contributed by atoms with van der Waals surface area (Å²) in [5.41, 5.74) is 0. The van der Waals surface area contributed by atoms with Crippen LogP contribution >= 0.6 is 0 Å². The minimum Gasteiger partial charge on any atom is -0.480 e. The van der Waals surface area contributed by atoms with Gasteiger partial charge < -0.3 is 15.2 Å². The molecule has 0 heterocycles. The number of aliphatic carboxylic acids is 1. The molecule has 6 nitrogen and oxygen atoms in total. The molecule has 7 heteroatoms. The van der Waals surface area contributed by atoms with Crippen molar-refractivity contribution >= 4 is 22.7 Å². The van der Waals surface area contributed by atoms with Gasteiger partial charge in [-0.3, -0.25) is 9.00 Å². The van der Waals surface area contributed by atoms with Crippen LogP contribution in [0.3, 0.4) is 0 Å². The van der Waals surface area contributed by atoms with Gasteiger partial charge in [-0.15, -0.1) is 0 Å². The van der Waals surface area contributed by atoms with Crippen molar-refractivity contribution in [2.45, 2.75) is 19.4 Å². The lowest BCUT2D eigenvalue weighted by molar-refractivity contribution is -0.143. The predicted octanol–water partition coefficient (Wildman–Crippen LogP) is -0.639. The molecule has 2 atom stereocenters. The maximum atomic E-state index is 11.2. The molecular weight excluding hydrogens is 234 g/mol. The summed E-state index contributed by atoms with van der Waals surface area (Å²) in [4.78, 5) is 21.3. The quantitative estimate of drug-likeness (QED) is 0.598. The second-order valence-electron chi connectivity index (χ2n) is 3.42. The number of carbonyl (C=O) groups is 2. The van der Waals surface area contributed by atoms with Gasteiger partial charge in [0.15, 0.2) is 0 Å². The van der Waals surface area contributed by atoms with E-state index in [2.05, 4.69) is 10.1 Å². The highest BCUT2D eigenvalue weighted by Crippen LogP contribution is 1.92. The van der Waals surface area contributed by atoms with Crippen molar-refractivity contribution in [3.63, 3.8) is 0 Å². The highest BCUT2D eigenvalue weighted by molar-refractivity contribution is 7.84. The zero-order valence-electron chi connectivity index (χ0n) is 9.39. The summed E-state index contributed by atoms with van der Waals surface area (Å²) in [7, 11) is -0.873. The summed E-state index contributed by atoms with van der Waals surface area (Å²) in [6, 6.07) is -0.0928. The van der Waals surface area contributed by atoms with E-state index >= 15 is 0 Å². The molecule has 0 radical (unpaired) electrons. The Hall–Kier alpha value is -0.950. The number of nitrogens with one attached hydrogen (secondary N) is 1. The van der Waals surface area contributed by atoms with Crippen LogP contribution in [0.2, 0.25) is 0 Å². The molecule has 0 aliphatic carbocycles. The molecule has 0 aromatic rings. The van der Waals surface area contributed by atoms with Crippen molar-refractivity contribution < 1.29 is 23.6 Å². The third-order valence-electron chi connectivity index (χ3n) is 1.70. The molecule has 0 rings (SSSR count). The van der Waals surface area contributed by atoms with Gasteiger partial charge in [-0.05, 0) is 13.3 Å². The van der Waals surface area contributed by atoms with E-state index in [9.17, 15) is 13.8 Å². The molecule has 0 aromatic carbocycles. The molecule has 0 spiro atoms. The van der Waals surface area contributed by atoms with Gasteiger partial charge in [0, 0.05) is 28.9 Å². The molecule has 94 valence electrons. The van der Waals surface area contributed by atoms with E-state index in [1.807, 2.05) is 0 Å². The molecular formula is C9H17NO5S. The highest BCUT2D eigenvalue weighted by Gasteiger charge is 2.08. The first-order valence-electron chi connectivity index (χ1n) is 4.80. The lowest BCUT2D eigenvalue weighted by Gasteiger charge is -2.12. The largest absolute Gasteiger partial charge is 0.480 e. The Morgan fingerprint density at radius 2 is 2.06 bits per heavy atom. The average molecular weight is 251 g/mol. The molecule has 0 aromatic heterocycles. The summed E-state index contributed by atoms with van der Waals surface area (Å²) >= 11 is 0. The fraction of sp³-hybridized carbons (Fsp3) is 0.778. The number of hydrogen-bond acceptors (Lipinski definition) is 4. The molecule has 0 aliphatic heterocycles. The lowest BCUT2D eigenvalue weighted by Crippen LogP contribution is -2.36. The maximum absolute atomic E-state index is 11.2. The van der Waals surface area contributed by atoms with Gasteiger partial charge >= 0.3 is 5.97 Å². The van der Waals surface area contributed by atoms with E-state index in [1.54, 1.807) is 13.2 Å². The van der Waals surface area contributed by atoms with E-state index < -0.39 is 23.4 Å². The fourth-order valence-electron chi connectivity index (χ4n) is 0.962. The van der Waals surface area contributed by atoms with Crippen LogP contribution in [0, 0.1) is 0 Å². The first-order chi connectivity index (χ1) is 7.41. The van der Waals surface area contributed by atoms with Crippen LogP contribution in [0.5, 0.6) is 0 Å². The normalized spacial score (nSPS) is 14.1. The molecule has 0 fully saturated rings. The number of carboxylic acid groups (broad SMARTS) is 1. The maximum Gasteiger partial charge on any atom is 0.329 e. The van der Waals surface area contributed by atoms with Gasteiger partial charge in [-0.1, -0.05) is 0 Å². The summed E-state index contributed by atoms with van der Waals surface area (Å²) < 4.78 is 15.4. The van der Waals surface area contributed by atoms with E-state index in [0.717, 1.165) is 0 Å².